The number of sulfone groups is 1. The molecule has 1 fully saturated rings. The molecule has 2 unspecified atom stereocenters. The Morgan fingerprint density at radius 3 is 2.57 bits per heavy atom. The number of hydrogen-bond acceptors (Lipinski definition) is 5. The molecule has 28 heavy (non-hydrogen) atoms. The number of halogens is 2. The molecule has 0 amide bonds. The largest absolute Gasteiger partial charge is 0.489 e. The Morgan fingerprint density at radius 2 is 1.93 bits per heavy atom. The molecule has 2 aromatic rings. The zero-order valence-electron chi connectivity index (χ0n) is 15.3. The molecule has 5 nitrogen and oxygen atoms in total. The van der Waals surface area contributed by atoms with Crippen LogP contribution >= 0.6 is 11.6 Å². The first kappa shape index (κ1) is 21.0. The minimum atomic E-state index is -3.07. The van der Waals surface area contributed by atoms with Gasteiger partial charge in [0.1, 0.15) is 24.3 Å². The SMILES string of the molecule is O=S1(=O)CCC(N(Cc2ccc(F)cc2)CC(O)COc2ccccc2Cl)C1. The molecule has 1 aliphatic heterocycles. The molecule has 0 spiro atoms. The zero-order valence-corrected chi connectivity index (χ0v) is 16.9. The predicted molar refractivity (Wildman–Crippen MR) is 107 cm³/mol. The van der Waals surface area contributed by atoms with E-state index in [9.17, 15) is 17.9 Å². The molecule has 152 valence electrons. The van der Waals surface area contributed by atoms with Crippen molar-refractivity contribution in [1.82, 2.24) is 4.90 Å². The third-order valence-corrected chi connectivity index (χ3v) is 6.80. The van der Waals surface area contributed by atoms with Gasteiger partial charge in [-0.1, -0.05) is 35.9 Å². The smallest absolute Gasteiger partial charge is 0.151 e. The van der Waals surface area contributed by atoms with Crippen molar-refractivity contribution in [2.24, 2.45) is 0 Å². The van der Waals surface area contributed by atoms with Crippen molar-refractivity contribution in [2.75, 3.05) is 24.7 Å². The van der Waals surface area contributed by atoms with Crippen LogP contribution in [0, 0.1) is 5.82 Å². The fourth-order valence-electron chi connectivity index (χ4n) is 3.30. The van der Waals surface area contributed by atoms with E-state index in [2.05, 4.69) is 0 Å². The fourth-order valence-corrected chi connectivity index (χ4v) is 5.25. The van der Waals surface area contributed by atoms with Gasteiger partial charge in [0.2, 0.25) is 0 Å². The number of aliphatic hydroxyl groups excluding tert-OH is 1. The van der Waals surface area contributed by atoms with Gasteiger partial charge in [0, 0.05) is 19.1 Å². The molecule has 2 aromatic carbocycles. The Kier molecular flexibility index (Phi) is 6.93. The highest BCUT2D eigenvalue weighted by molar-refractivity contribution is 7.91. The highest BCUT2D eigenvalue weighted by Crippen LogP contribution is 2.24. The summed E-state index contributed by atoms with van der Waals surface area (Å²) in [5.74, 6) is 0.361. The third kappa shape index (κ3) is 5.91. The normalized spacial score (nSPS) is 19.6. The molecule has 1 heterocycles. The second kappa shape index (κ2) is 9.22. The van der Waals surface area contributed by atoms with Crippen molar-refractivity contribution in [3.05, 3.63) is 64.9 Å². The van der Waals surface area contributed by atoms with E-state index < -0.39 is 15.9 Å². The molecule has 2 atom stereocenters. The summed E-state index contributed by atoms with van der Waals surface area (Å²) >= 11 is 6.05. The molecule has 1 saturated heterocycles. The minimum Gasteiger partial charge on any atom is -0.489 e. The Labute approximate surface area is 169 Å². The summed E-state index contributed by atoms with van der Waals surface area (Å²) in [5.41, 5.74) is 0.852. The van der Waals surface area contributed by atoms with Crippen LogP contribution in [0.5, 0.6) is 5.75 Å². The molecular formula is C20H23ClFNO4S. The van der Waals surface area contributed by atoms with Crippen LogP contribution in [0.15, 0.2) is 48.5 Å². The maximum absolute atomic E-state index is 13.2. The Bertz CT molecular complexity index is 891. The van der Waals surface area contributed by atoms with Crippen LogP contribution in [-0.4, -0.2) is 55.2 Å². The molecule has 8 heteroatoms. The fraction of sp³-hybridized carbons (Fsp3) is 0.400. The van der Waals surface area contributed by atoms with Gasteiger partial charge in [-0.05, 0) is 36.2 Å². The predicted octanol–water partition coefficient (Wildman–Crippen LogP) is 2.91. The van der Waals surface area contributed by atoms with Crippen LogP contribution in [0.25, 0.3) is 0 Å². The van der Waals surface area contributed by atoms with Crippen LogP contribution in [0.2, 0.25) is 5.02 Å². The zero-order chi connectivity index (χ0) is 20.1. The lowest BCUT2D eigenvalue weighted by molar-refractivity contribution is 0.0525. The number of para-hydroxylation sites is 1. The van der Waals surface area contributed by atoms with Crippen LogP contribution in [0.4, 0.5) is 4.39 Å². The average molecular weight is 428 g/mol. The van der Waals surface area contributed by atoms with Crippen LogP contribution < -0.4 is 4.74 Å². The van der Waals surface area contributed by atoms with Crippen LogP contribution in [-0.2, 0) is 16.4 Å². The van der Waals surface area contributed by atoms with Crippen molar-refractivity contribution in [1.29, 1.82) is 0 Å². The van der Waals surface area contributed by atoms with Crippen LogP contribution in [0.1, 0.15) is 12.0 Å². The maximum Gasteiger partial charge on any atom is 0.151 e. The van der Waals surface area contributed by atoms with E-state index in [0.717, 1.165) is 5.56 Å². The van der Waals surface area contributed by atoms with Crippen molar-refractivity contribution in [3.8, 4) is 5.75 Å². The van der Waals surface area contributed by atoms with Gasteiger partial charge in [-0.15, -0.1) is 0 Å². The molecule has 0 bridgehead atoms. The number of aliphatic hydroxyl groups is 1. The average Bonchev–Trinajstić information content (AvgIpc) is 3.02. The molecule has 0 aliphatic carbocycles. The summed E-state index contributed by atoms with van der Waals surface area (Å²) in [6.45, 7) is 0.689. The van der Waals surface area contributed by atoms with Gasteiger partial charge in [0.05, 0.1) is 16.5 Å². The lowest BCUT2D eigenvalue weighted by Crippen LogP contribution is -2.42. The lowest BCUT2D eigenvalue weighted by Gasteiger charge is -2.30. The number of hydrogen-bond donors (Lipinski definition) is 1. The van der Waals surface area contributed by atoms with Gasteiger partial charge >= 0.3 is 0 Å². The number of ether oxygens (including phenoxy) is 1. The van der Waals surface area contributed by atoms with Gasteiger partial charge in [0.15, 0.2) is 9.84 Å². The Hall–Kier alpha value is -1.67. The summed E-state index contributed by atoms with van der Waals surface area (Å²) in [6, 6.07) is 12.9. The summed E-state index contributed by atoms with van der Waals surface area (Å²) in [4.78, 5) is 1.93. The highest BCUT2D eigenvalue weighted by atomic mass is 35.5. The van der Waals surface area contributed by atoms with Crippen molar-refractivity contribution in [3.63, 3.8) is 0 Å². The van der Waals surface area contributed by atoms with Crippen molar-refractivity contribution < 1.29 is 22.7 Å². The summed E-state index contributed by atoms with van der Waals surface area (Å²) in [7, 11) is -3.07. The molecule has 0 saturated carbocycles. The second-order valence-corrected chi connectivity index (χ2v) is 9.64. The van der Waals surface area contributed by atoms with Gasteiger partial charge in [-0.3, -0.25) is 4.90 Å². The molecule has 1 N–H and O–H groups in total. The van der Waals surface area contributed by atoms with E-state index in [0.29, 0.717) is 23.7 Å². The third-order valence-electron chi connectivity index (χ3n) is 4.74. The van der Waals surface area contributed by atoms with Gasteiger partial charge < -0.3 is 9.84 Å². The van der Waals surface area contributed by atoms with Gasteiger partial charge in [0.25, 0.3) is 0 Å². The molecule has 3 rings (SSSR count). The standard InChI is InChI=1S/C20H23ClFNO4S/c21-19-3-1-2-4-20(19)27-13-18(24)12-23(17-9-10-28(25,26)14-17)11-15-5-7-16(22)8-6-15/h1-8,17-18,24H,9-14H2. The summed E-state index contributed by atoms with van der Waals surface area (Å²) in [6.07, 6.45) is -0.318. The highest BCUT2D eigenvalue weighted by Gasteiger charge is 2.33. The molecule has 1 aliphatic rings. The second-order valence-electron chi connectivity index (χ2n) is 7.01. The Balaban J connectivity index is 1.65. The summed E-state index contributed by atoms with van der Waals surface area (Å²) in [5, 5.41) is 10.9. The monoisotopic (exact) mass is 427 g/mol. The lowest BCUT2D eigenvalue weighted by atomic mass is 10.1. The summed E-state index contributed by atoms with van der Waals surface area (Å²) < 4.78 is 42.6. The first-order valence-electron chi connectivity index (χ1n) is 9.07. The van der Waals surface area contributed by atoms with E-state index in [1.807, 2.05) is 4.90 Å². The molecule has 0 radical (unpaired) electrons. The van der Waals surface area contributed by atoms with E-state index in [1.54, 1.807) is 36.4 Å². The number of benzene rings is 2. The Morgan fingerprint density at radius 1 is 1.21 bits per heavy atom. The quantitative estimate of drug-likeness (QED) is 0.701. The van der Waals surface area contributed by atoms with Gasteiger partial charge in [-0.2, -0.15) is 0 Å². The van der Waals surface area contributed by atoms with Gasteiger partial charge in [-0.25, -0.2) is 12.8 Å². The van der Waals surface area contributed by atoms with Crippen molar-refractivity contribution in [2.45, 2.75) is 25.1 Å². The minimum absolute atomic E-state index is 0.0309. The van der Waals surface area contributed by atoms with Crippen molar-refractivity contribution >= 4 is 21.4 Å². The topological polar surface area (TPSA) is 66.8 Å². The van der Waals surface area contributed by atoms with E-state index >= 15 is 0 Å². The molecular weight excluding hydrogens is 405 g/mol. The van der Waals surface area contributed by atoms with E-state index in [-0.39, 0.29) is 36.5 Å². The van der Waals surface area contributed by atoms with E-state index in [4.69, 9.17) is 16.3 Å². The number of nitrogens with zero attached hydrogens (tertiary/aromatic N) is 1. The van der Waals surface area contributed by atoms with Crippen LogP contribution in [0.3, 0.4) is 0 Å². The number of rotatable bonds is 8. The molecule has 0 aromatic heterocycles. The maximum atomic E-state index is 13.2. The first-order chi connectivity index (χ1) is 13.3. The van der Waals surface area contributed by atoms with E-state index in [1.165, 1.54) is 12.1 Å². The first-order valence-corrected chi connectivity index (χ1v) is 11.3.